The molecule has 0 radical (unpaired) electrons. The van der Waals surface area contributed by atoms with Gasteiger partial charge in [0.1, 0.15) is 0 Å². The van der Waals surface area contributed by atoms with Crippen LogP contribution in [0.5, 0.6) is 0 Å². The largest absolute Gasteiger partial charge is 0.278 e. The summed E-state index contributed by atoms with van der Waals surface area (Å²) in [4.78, 5) is 0. The molecule has 3 aromatic rings. The molecule has 0 unspecified atom stereocenters. The normalized spacial score (nSPS) is 10.8. The van der Waals surface area contributed by atoms with Crippen molar-refractivity contribution in [2.45, 2.75) is 6.92 Å². The van der Waals surface area contributed by atoms with Crippen LogP contribution in [0.25, 0.3) is 11.1 Å². The number of rotatable bonds is 4. The highest BCUT2D eigenvalue weighted by molar-refractivity contribution is 5.82. The summed E-state index contributed by atoms with van der Waals surface area (Å²) in [6.45, 7) is 2.08. The molecular weight excluding hydrogens is 268 g/mol. The highest BCUT2D eigenvalue weighted by atomic mass is 15.3. The molecule has 0 aromatic heterocycles. The van der Waals surface area contributed by atoms with Crippen molar-refractivity contribution in [3.8, 4) is 11.1 Å². The van der Waals surface area contributed by atoms with E-state index >= 15 is 0 Å². The van der Waals surface area contributed by atoms with E-state index in [0.29, 0.717) is 0 Å². The van der Waals surface area contributed by atoms with Gasteiger partial charge in [-0.1, -0.05) is 78.4 Å². The molecule has 1 N–H and O–H groups in total. The lowest BCUT2D eigenvalue weighted by Crippen LogP contribution is -1.93. The van der Waals surface area contributed by atoms with E-state index in [1.807, 2.05) is 42.6 Å². The van der Waals surface area contributed by atoms with Crippen molar-refractivity contribution < 1.29 is 0 Å². The Bertz CT molecular complexity index is 759. The fraction of sp³-hybridized carbons (Fsp3) is 0.0500. The Hall–Kier alpha value is -2.87. The van der Waals surface area contributed by atoms with Gasteiger partial charge in [-0.25, -0.2) is 0 Å². The average molecular weight is 286 g/mol. The topological polar surface area (TPSA) is 24.4 Å². The molecule has 22 heavy (non-hydrogen) atoms. The Morgan fingerprint density at radius 3 is 2.23 bits per heavy atom. The Labute approximate surface area is 131 Å². The molecule has 0 bridgehead atoms. The number of nitrogens with one attached hydrogen (secondary N) is 1. The number of hydrazone groups is 1. The second kappa shape index (κ2) is 6.72. The standard InChI is InChI=1S/C20H18N2/c1-16-11-13-17(14-12-16)15-21-22-20-10-6-5-9-19(20)18-7-3-2-4-8-18/h2-15,22H,1H3/b21-15-. The van der Waals surface area contributed by atoms with E-state index in [-0.39, 0.29) is 0 Å². The smallest absolute Gasteiger partial charge is 0.0640 e. The monoisotopic (exact) mass is 286 g/mol. The summed E-state index contributed by atoms with van der Waals surface area (Å²) in [6, 6.07) is 26.8. The average Bonchev–Trinajstić information content (AvgIpc) is 2.58. The molecule has 0 spiro atoms. The van der Waals surface area contributed by atoms with Gasteiger partial charge in [-0.05, 0) is 24.1 Å². The van der Waals surface area contributed by atoms with E-state index < -0.39 is 0 Å². The summed E-state index contributed by atoms with van der Waals surface area (Å²) >= 11 is 0. The van der Waals surface area contributed by atoms with Crippen LogP contribution in [-0.2, 0) is 0 Å². The van der Waals surface area contributed by atoms with Crippen molar-refractivity contribution >= 4 is 11.9 Å². The number of anilines is 1. The van der Waals surface area contributed by atoms with Crippen molar-refractivity contribution in [3.05, 3.63) is 90.0 Å². The number of aryl methyl sites for hydroxylation is 1. The van der Waals surface area contributed by atoms with Gasteiger partial charge in [0.05, 0.1) is 11.9 Å². The lowest BCUT2D eigenvalue weighted by molar-refractivity contribution is 1.35. The number of para-hydroxylation sites is 1. The molecule has 108 valence electrons. The van der Waals surface area contributed by atoms with E-state index in [1.165, 1.54) is 11.1 Å². The summed E-state index contributed by atoms with van der Waals surface area (Å²) in [7, 11) is 0. The van der Waals surface area contributed by atoms with Crippen LogP contribution in [0.1, 0.15) is 11.1 Å². The molecule has 0 aliphatic carbocycles. The van der Waals surface area contributed by atoms with E-state index in [1.54, 1.807) is 0 Å². The van der Waals surface area contributed by atoms with Gasteiger partial charge < -0.3 is 0 Å². The van der Waals surface area contributed by atoms with Gasteiger partial charge in [0.2, 0.25) is 0 Å². The third kappa shape index (κ3) is 3.41. The van der Waals surface area contributed by atoms with Crippen LogP contribution in [0.15, 0.2) is 84.0 Å². The van der Waals surface area contributed by atoms with E-state index in [2.05, 4.69) is 59.9 Å². The van der Waals surface area contributed by atoms with Crippen LogP contribution in [0, 0.1) is 6.92 Å². The van der Waals surface area contributed by atoms with Gasteiger partial charge in [-0.15, -0.1) is 0 Å². The predicted molar refractivity (Wildman–Crippen MR) is 94.3 cm³/mol. The zero-order valence-electron chi connectivity index (χ0n) is 12.5. The van der Waals surface area contributed by atoms with Gasteiger partial charge in [0, 0.05) is 5.56 Å². The van der Waals surface area contributed by atoms with Crippen molar-refractivity contribution in [1.82, 2.24) is 0 Å². The number of nitrogens with zero attached hydrogens (tertiary/aromatic N) is 1. The van der Waals surface area contributed by atoms with Gasteiger partial charge in [-0.3, -0.25) is 5.43 Å². The first-order valence-corrected chi connectivity index (χ1v) is 7.33. The van der Waals surface area contributed by atoms with Crippen molar-refractivity contribution in [2.75, 3.05) is 5.43 Å². The van der Waals surface area contributed by atoms with Gasteiger partial charge in [0.25, 0.3) is 0 Å². The third-order valence-electron chi connectivity index (χ3n) is 3.49. The maximum Gasteiger partial charge on any atom is 0.0640 e. The minimum atomic E-state index is 0.997. The van der Waals surface area contributed by atoms with E-state index in [9.17, 15) is 0 Å². The molecule has 0 amide bonds. The maximum absolute atomic E-state index is 4.35. The fourth-order valence-corrected chi connectivity index (χ4v) is 2.28. The molecule has 0 saturated carbocycles. The molecule has 0 aliphatic heterocycles. The molecule has 2 nitrogen and oxygen atoms in total. The van der Waals surface area contributed by atoms with Crippen LogP contribution in [0.4, 0.5) is 5.69 Å². The van der Waals surface area contributed by atoms with Gasteiger partial charge in [0.15, 0.2) is 0 Å². The Morgan fingerprint density at radius 1 is 0.773 bits per heavy atom. The first-order chi connectivity index (χ1) is 10.8. The van der Waals surface area contributed by atoms with E-state index in [4.69, 9.17) is 0 Å². The second-order valence-corrected chi connectivity index (χ2v) is 5.19. The van der Waals surface area contributed by atoms with Crippen molar-refractivity contribution in [2.24, 2.45) is 5.10 Å². The molecule has 0 fully saturated rings. The van der Waals surface area contributed by atoms with Crippen LogP contribution in [-0.4, -0.2) is 6.21 Å². The fourth-order valence-electron chi connectivity index (χ4n) is 2.28. The minimum Gasteiger partial charge on any atom is -0.278 e. The van der Waals surface area contributed by atoms with Gasteiger partial charge in [-0.2, -0.15) is 5.10 Å². The second-order valence-electron chi connectivity index (χ2n) is 5.19. The van der Waals surface area contributed by atoms with Crippen LogP contribution >= 0.6 is 0 Å². The van der Waals surface area contributed by atoms with Crippen LogP contribution in [0.2, 0.25) is 0 Å². The molecule has 0 heterocycles. The SMILES string of the molecule is Cc1ccc(/C=N\Nc2ccccc2-c2ccccc2)cc1. The lowest BCUT2D eigenvalue weighted by atomic mass is 10.0. The quantitative estimate of drug-likeness (QED) is 0.523. The molecule has 3 aromatic carbocycles. The number of hydrogen-bond acceptors (Lipinski definition) is 2. The van der Waals surface area contributed by atoms with Gasteiger partial charge >= 0.3 is 0 Å². The summed E-state index contributed by atoms with van der Waals surface area (Å²) in [6.07, 6.45) is 1.83. The summed E-state index contributed by atoms with van der Waals surface area (Å²) in [5.41, 5.74) is 8.79. The molecule has 0 atom stereocenters. The lowest BCUT2D eigenvalue weighted by Gasteiger charge is -2.08. The molecular formula is C20H18N2. The highest BCUT2D eigenvalue weighted by Gasteiger charge is 2.02. The minimum absolute atomic E-state index is 0.997. The molecule has 3 rings (SSSR count). The number of hydrogen-bond donors (Lipinski definition) is 1. The Kier molecular flexibility index (Phi) is 4.30. The number of benzene rings is 3. The Morgan fingerprint density at radius 2 is 1.45 bits per heavy atom. The van der Waals surface area contributed by atoms with Crippen molar-refractivity contribution in [3.63, 3.8) is 0 Å². The van der Waals surface area contributed by atoms with Crippen molar-refractivity contribution in [1.29, 1.82) is 0 Å². The highest BCUT2D eigenvalue weighted by Crippen LogP contribution is 2.27. The zero-order valence-corrected chi connectivity index (χ0v) is 12.5. The summed E-state index contributed by atoms with van der Waals surface area (Å²) < 4.78 is 0. The first kappa shape index (κ1) is 14.1. The summed E-state index contributed by atoms with van der Waals surface area (Å²) in [5, 5.41) is 4.35. The predicted octanol–water partition coefficient (Wildman–Crippen LogP) is 5.11. The maximum atomic E-state index is 4.35. The van der Waals surface area contributed by atoms with Crippen LogP contribution in [0.3, 0.4) is 0 Å². The van der Waals surface area contributed by atoms with E-state index in [0.717, 1.165) is 16.8 Å². The Balaban J connectivity index is 1.80. The first-order valence-electron chi connectivity index (χ1n) is 7.33. The van der Waals surface area contributed by atoms with Crippen LogP contribution < -0.4 is 5.43 Å². The molecule has 2 heteroatoms. The third-order valence-corrected chi connectivity index (χ3v) is 3.49. The zero-order chi connectivity index (χ0) is 15.2. The molecule has 0 aliphatic rings. The summed E-state index contributed by atoms with van der Waals surface area (Å²) in [5.74, 6) is 0. The molecule has 0 saturated heterocycles.